The molecule has 1 aromatic carbocycles. The minimum Gasteiger partial charge on any atom is -0.387 e. The molecule has 1 aliphatic rings. The number of aliphatic hydroxyl groups is 1. The molecule has 3 rings (SSSR count). The van der Waals surface area contributed by atoms with E-state index in [0.717, 1.165) is 18.4 Å². The van der Waals surface area contributed by atoms with Gasteiger partial charge in [0.05, 0.1) is 5.92 Å². The third-order valence-corrected chi connectivity index (χ3v) is 3.74. The van der Waals surface area contributed by atoms with Crippen LogP contribution in [0.2, 0.25) is 0 Å². The first-order chi connectivity index (χ1) is 10.3. The Balaban J connectivity index is 1.53. The van der Waals surface area contributed by atoms with E-state index in [4.69, 9.17) is 9.63 Å². The zero-order valence-electron chi connectivity index (χ0n) is 11.6. The Morgan fingerprint density at radius 2 is 2.29 bits per heavy atom. The van der Waals surface area contributed by atoms with E-state index in [1.165, 1.54) is 5.56 Å². The number of rotatable bonds is 5. The highest BCUT2D eigenvalue weighted by molar-refractivity contribution is 5.84. The standard InChI is InChI=1S/C15H17N3O3/c19-9-14-17-13(18-21-14)7-8-16-15(20)12-6-5-10-3-1-2-4-11(10)12/h1-4,12,19H,5-9H2,(H,16,20)/t12-/m1/s1. The molecule has 0 saturated carbocycles. The molecule has 1 heterocycles. The molecule has 6 heteroatoms. The van der Waals surface area contributed by atoms with Gasteiger partial charge in [0.15, 0.2) is 5.82 Å². The first kappa shape index (κ1) is 13.8. The Morgan fingerprint density at radius 1 is 1.43 bits per heavy atom. The van der Waals surface area contributed by atoms with E-state index in [-0.39, 0.29) is 24.3 Å². The van der Waals surface area contributed by atoms with Crippen molar-refractivity contribution in [2.75, 3.05) is 6.54 Å². The minimum absolute atomic E-state index is 0.0471. The molecule has 110 valence electrons. The van der Waals surface area contributed by atoms with Gasteiger partial charge in [-0.2, -0.15) is 4.98 Å². The zero-order valence-corrected chi connectivity index (χ0v) is 11.6. The van der Waals surface area contributed by atoms with Gasteiger partial charge < -0.3 is 14.9 Å². The van der Waals surface area contributed by atoms with Gasteiger partial charge >= 0.3 is 0 Å². The van der Waals surface area contributed by atoms with Crippen LogP contribution in [0.5, 0.6) is 0 Å². The Hall–Kier alpha value is -2.21. The largest absolute Gasteiger partial charge is 0.387 e. The number of carbonyl (C=O) groups excluding carboxylic acids is 1. The lowest BCUT2D eigenvalue weighted by molar-refractivity contribution is -0.122. The molecule has 1 amide bonds. The number of benzene rings is 1. The van der Waals surface area contributed by atoms with E-state index in [1.807, 2.05) is 18.2 Å². The summed E-state index contributed by atoms with van der Waals surface area (Å²) >= 11 is 0. The number of hydrogen-bond acceptors (Lipinski definition) is 5. The molecule has 0 unspecified atom stereocenters. The lowest BCUT2D eigenvalue weighted by atomic mass is 10.0. The Kier molecular flexibility index (Phi) is 3.96. The maximum atomic E-state index is 12.2. The molecule has 2 aromatic rings. The van der Waals surface area contributed by atoms with Gasteiger partial charge in [-0.1, -0.05) is 29.4 Å². The van der Waals surface area contributed by atoms with Crippen LogP contribution in [0.25, 0.3) is 0 Å². The smallest absolute Gasteiger partial charge is 0.252 e. The van der Waals surface area contributed by atoms with Crippen LogP contribution in [0.3, 0.4) is 0 Å². The molecule has 21 heavy (non-hydrogen) atoms. The van der Waals surface area contributed by atoms with Crippen molar-refractivity contribution in [3.05, 3.63) is 47.1 Å². The van der Waals surface area contributed by atoms with Crippen LogP contribution >= 0.6 is 0 Å². The molecule has 1 aromatic heterocycles. The molecule has 1 aliphatic carbocycles. The van der Waals surface area contributed by atoms with Crippen LogP contribution in [0.1, 0.15) is 35.2 Å². The lowest BCUT2D eigenvalue weighted by Crippen LogP contribution is -2.30. The number of carbonyl (C=O) groups is 1. The summed E-state index contributed by atoms with van der Waals surface area (Å²) < 4.78 is 4.79. The van der Waals surface area contributed by atoms with Gasteiger partial charge in [0.1, 0.15) is 6.61 Å². The second-order valence-electron chi connectivity index (χ2n) is 5.09. The summed E-state index contributed by atoms with van der Waals surface area (Å²) in [4.78, 5) is 16.2. The predicted octanol–water partition coefficient (Wildman–Crippen LogP) is 0.951. The highest BCUT2D eigenvalue weighted by Crippen LogP contribution is 2.32. The van der Waals surface area contributed by atoms with E-state index < -0.39 is 0 Å². The number of hydrogen-bond donors (Lipinski definition) is 2. The fraction of sp³-hybridized carbons (Fsp3) is 0.400. The highest BCUT2D eigenvalue weighted by atomic mass is 16.5. The number of aryl methyl sites for hydroxylation is 1. The van der Waals surface area contributed by atoms with Crippen LogP contribution in [-0.4, -0.2) is 27.7 Å². The van der Waals surface area contributed by atoms with Crippen molar-refractivity contribution >= 4 is 5.91 Å². The van der Waals surface area contributed by atoms with Crippen LogP contribution in [-0.2, 0) is 24.2 Å². The Labute approximate surface area is 122 Å². The van der Waals surface area contributed by atoms with E-state index in [0.29, 0.717) is 18.8 Å². The minimum atomic E-state index is -0.266. The first-order valence-electron chi connectivity index (χ1n) is 7.06. The number of aliphatic hydroxyl groups excluding tert-OH is 1. The fourth-order valence-electron chi connectivity index (χ4n) is 2.71. The Bertz CT molecular complexity index is 639. The van der Waals surface area contributed by atoms with Gasteiger partial charge in [-0.15, -0.1) is 0 Å². The maximum Gasteiger partial charge on any atom is 0.252 e. The summed E-state index contributed by atoms with van der Waals surface area (Å²) in [5.74, 6) is 0.678. The van der Waals surface area contributed by atoms with Crippen molar-refractivity contribution in [3.8, 4) is 0 Å². The maximum absolute atomic E-state index is 12.2. The Morgan fingerprint density at radius 3 is 3.10 bits per heavy atom. The van der Waals surface area contributed by atoms with Gasteiger partial charge in [0.25, 0.3) is 5.89 Å². The first-order valence-corrected chi connectivity index (χ1v) is 7.06. The summed E-state index contributed by atoms with van der Waals surface area (Å²) in [5, 5.41) is 15.5. The summed E-state index contributed by atoms with van der Waals surface area (Å²) in [5.41, 5.74) is 2.40. The van der Waals surface area contributed by atoms with Gasteiger partial charge in [0.2, 0.25) is 5.91 Å². The number of aromatic nitrogens is 2. The second kappa shape index (κ2) is 6.05. The number of fused-ring (bicyclic) bond motifs is 1. The second-order valence-corrected chi connectivity index (χ2v) is 5.09. The van der Waals surface area contributed by atoms with Crippen molar-refractivity contribution in [1.29, 1.82) is 0 Å². The molecule has 2 N–H and O–H groups in total. The lowest BCUT2D eigenvalue weighted by Gasteiger charge is -2.11. The molecule has 0 saturated heterocycles. The SMILES string of the molecule is O=C(NCCc1noc(CO)n1)[C@@H]1CCc2ccccc21. The van der Waals surface area contributed by atoms with Crippen molar-refractivity contribution in [1.82, 2.24) is 15.5 Å². The van der Waals surface area contributed by atoms with Gasteiger partial charge in [-0.3, -0.25) is 4.79 Å². The van der Waals surface area contributed by atoms with E-state index >= 15 is 0 Å². The van der Waals surface area contributed by atoms with Crippen molar-refractivity contribution < 1.29 is 14.4 Å². The zero-order chi connectivity index (χ0) is 14.7. The average Bonchev–Trinajstić information content (AvgIpc) is 3.13. The summed E-state index contributed by atoms with van der Waals surface area (Å²) in [6.07, 6.45) is 2.31. The average molecular weight is 287 g/mol. The molecule has 0 bridgehead atoms. The number of amides is 1. The van der Waals surface area contributed by atoms with E-state index in [2.05, 4.69) is 21.5 Å². The van der Waals surface area contributed by atoms with Crippen LogP contribution in [0.4, 0.5) is 0 Å². The van der Waals surface area contributed by atoms with Crippen molar-refractivity contribution in [3.63, 3.8) is 0 Å². The predicted molar refractivity (Wildman–Crippen MR) is 74.4 cm³/mol. The normalized spacial score (nSPS) is 16.7. The molecule has 1 atom stereocenters. The molecule has 0 radical (unpaired) electrons. The molecule has 0 aliphatic heterocycles. The third kappa shape index (κ3) is 2.95. The van der Waals surface area contributed by atoms with Crippen LogP contribution < -0.4 is 5.32 Å². The van der Waals surface area contributed by atoms with Gasteiger partial charge in [-0.25, -0.2) is 0 Å². The number of nitrogens with zero attached hydrogens (tertiary/aromatic N) is 2. The van der Waals surface area contributed by atoms with Crippen LogP contribution in [0.15, 0.2) is 28.8 Å². The fourth-order valence-corrected chi connectivity index (χ4v) is 2.71. The highest BCUT2D eigenvalue weighted by Gasteiger charge is 2.27. The third-order valence-electron chi connectivity index (χ3n) is 3.74. The van der Waals surface area contributed by atoms with E-state index in [9.17, 15) is 4.79 Å². The molecule has 6 nitrogen and oxygen atoms in total. The van der Waals surface area contributed by atoms with Crippen molar-refractivity contribution in [2.45, 2.75) is 31.8 Å². The topological polar surface area (TPSA) is 88.2 Å². The quantitative estimate of drug-likeness (QED) is 0.855. The molecule has 0 spiro atoms. The molecule has 0 fully saturated rings. The summed E-state index contributed by atoms with van der Waals surface area (Å²) in [6.45, 7) is 0.195. The van der Waals surface area contributed by atoms with Gasteiger partial charge in [0, 0.05) is 13.0 Å². The van der Waals surface area contributed by atoms with Gasteiger partial charge in [-0.05, 0) is 24.0 Å². The number of nitrogens with one attached hydrogen (secondary N) is 1. The monoisotopic (exact) mass is 287 g/mol. The van der Waals surface area contributed by atoms with Crippen molar-refractivity contribution in [2.24, 2.45) is 0 Å². The van der Waals surface area contributed by atoms with E-state index in [1.54, 1.807) is 0 Å². The molecular formula is C15H17N3O3. The summed E-state index contributed by atoms with van der Waals surface area (Å²) in [7, 11) is 0. The molecular weight excluding hydrogens is 270 g/mol. The van der Waals surface area contributed by atoms with Crippen LogP contribution in [0, 0.1) is 0 Å². The summed E-state index contributed by atoms with van der Waals surface area (Å²) in [6, 6.07) is 8.09.